The molecule has 1 amide bonds. The van der Waals surface area contributed by atoms with Crippen molar-refractivity contribution in [2.45, 2.75) is 19.8 Å². The Bertz CT molecular complexity index is 321. The van der Waals surface area contributed by atoms with Crippen molar-refractivity contribution in [1.82, 2.24) is 5.32 Å². The smallest absolute Gasteiger partial charge is 0.410 e. The summed E-state index contributed by atoms with van der Waals surface area (Å²) in [4.78, 5) is 11.0. The van der Waals surface area contributed by atoms with Crippen molar-refractivity contribution in [3.63, 3.8) is 0 Å². The first kappa shape index (κ1) is 10.6. The molecule has 0 aliphatic heterocycles. The molecule has 3 heteroatoms. The maximum absolute atomic E-state index is 11.0. The number of benzene rings is 1. The third-order valence-corrected chi connectivity index (χ3v) is 1.95. The maximum Gasteiger partial charge on any atom is 0.412 e. The largest absolute Gasteiger partial charge is 0.412 e. The molecule has 0 spiro atoms. The van der Waals surface area contributed by atoms with E-state index in [-0.39, 0.29) is 0 Å². The molecule has 0 radical (unpaired) electrons. The second kappa shape index (κ2) is 4.65. The van der Waals surface area contributed by atoms with Crippen LogP contribution in [-0.2, 0) is 0 Å². The van der Waals surface area contributed by atoms with Gasteiger partial charge >= 0.3 is 6.09 Å². The van der Waals surface area contributed by atoms with Crippen molar-refractivity contribution in [3.05, 3.63) is 29.8 Å². The van der Waals surface area contributed by atoms with E-state index in [1.165, 1.54) is 0 Å². The molecule has 1 aromatic rings. The van der Waals surface area contributed by atoms with Crippen LogP contribution in [0.4, 0.5) is 4.79 Å². The number of para-hydroxylation sites is 1. The molecule has 0 aliphatic carbocycles. The molecule has 0 saturated carbocycles. The van der Waals surface area contributed by atoms with Crippen molar-refractivity contribution < 1.29 is 9.53 Å². The fourth-order valence-electron chi connectivity index (χ4n) is 1.20. The summed E-state index contributed by atoms with van der Waals surface area (Å²) in [5.74, 6) is 0.970. The molecule has 1 N–H and O–H groups in total. The average Bonchev–Trinajstić information content (AvgIpc) is 2.18. The van der Waals surface area contributed by atoms with E-state index in [1.54, 1.807) is 13.1 Å². The molecule has 0 aromatic heterocycles. The van der Waals surface area contributed by atoms with Crippen LogP contribution in [-0.4, -0.2) is 13.1 Å². The lowest BCUT2D eigenvalue weighted by molar-refractivity contribution is 0.202. The molecule has 3 nitrogen and oxygen atoms in total. The van der Waals surface area contributed by atoms with E-state index in [9.17, 15) is 4.79 Å². The van der Waals surface area contributed by atoms with Crippen molar-refractivity contribution in [2.24, 2.45) is 0 Å². The van der Waals surface area contributed by atoms with E-state index in [2.05, 4.69) is 19.2 Å². The summed E-state index contributed by atoms with van der Waals surface area (Å²) in [6, 6.07) is 7.55. The third kappa shape index (κ3) is 2.49. The summed E-state index contributed by atoms with van der Waals surface area (Å²) in [5, 5.41) is 2.42. The van der Waals surface area contributed by atoms with Gasteiger partial charge in [-0.3, -0.25) is 0 Å². The van der Waals surface area contributed by atoms with Crippen molar-refractivity contribution in [3.8, 4) is 5.75 Å². The molecule has 76 valence electrons. The second-order valence-electron chi connectivity index (χ2n) is 3.33. The van der Waals surface area contributed by atoms with E-state index >= 15 is 0 Å². The lowest BCUT2D eigenvalue weighted by Crippen LogP contribution is -2.22. The molecule has 0 unspecified atom stereocenters. The van der Waals surface area contributed by atoms with E-state index in [1.807, 2.05) is 18.2 Å². The van der Waals surface area contributed by atoms with Gasteiger partial charge < -0.3 is 10.1 Å². The van der Waals surface area contributed by atoms with Gasteiger partial charge in [0.1, 0.15) is 5.75 Å². The molecular weight excluding hydrogens is 178 g/mol. The SMILES string of the molecule is CNC(=O)Oc1ccccc1C(C)C. The van der Waals surface area contributed by atoms with Gasteiger partial charge in [0.15, 0.2) is 0 Å². The minimum absolute atomic E-state index is 0.343. The summed E-state index contributed by atoms with van der Waals surface area (Å²) in [6.07, 6.45) is -0.432. The molecule has 0 bridgehead atoms. The predicted octanol–water partition coefficient (Wildman–Crippen LogP) is 2.53. The summed E-state index contributed by atoms with van der Waals surface area (Å²) >= 11 is 0. The van der Waals surface area contributed by atoms with Crippen LogP contribution in [0.25, 0.3) is 0 Å². The van der Waals surface area contributed by atoms with Gasteiger partial charge in [0.2, 0.25) is 0 Å². The normalized spacial score (nSPS) is 10.0. The monoisotopic (exact) mass is 193 g/mol. The van der Waals surface area contributed by atoms with Gasteiger partial charge in [0.25, 0.3) is 0 Å². The fourth-order valence-corrected chi connectivity index (χ4v) is 1.20. The fraction of sp³-hybridized carbons (Fsp3) is 0.364. The van der Waals surface area contributed by atoms with Gasteiger partial charge in [0, 0.05) is 7.05 Å². The first-order chi connectivity index (χ1) is 6.65. The highest BCUT2D eigenvalue weighted by atomic mass is 16.6. The van der Waals surface area contributed by atoms with Crippen molar-refractivity contribution in [2.75, 3.05) is 7.05 Å². The highest BCUT2D eigenvalue weighted by Crippen LogP contribution is 2.25. The quantitative estimate of drug-likeness (QED) is 0.783. The number of rotatable bonds is 2. The van der Waals surface area contributed by atoms with Crippen LogP contribution in [0.3, 0.4) is 0 Å². The Kier molecular flexibility index (Phi) is 3.51. The van der Waals surface area contributed by atoms with Crippen LogP contribution in [0.5, 0.6) is 5.75 Å². The Morgan fingerprint density at radius 1 is 1.36 bits per heavy atom. The topological polar surface area (TPSA) is 38.3 Å². The van der Waals surface area contributed by atoms with Crippen molar-refractivity contribution >= 4 is 6.09 Å². The molecule has 0 heterocycles. The van der Waals surface area contributed by atoms with Crippen LogP contribution < -0.4 is 10.1 Å². The molecule has 0 aliphatic rings. The highest BCUT2D eigenvalue weighted by molar-refractivity contribution is 5.70. The minimum Gasteiger partial charge on any atom is -0.410 e. The van der Waals surface area contributed by atoms with Gasteiger partial charge in [0.05, 0.1) is 0 Å². The van der Waals surface area contributed by atoms with Crippen molar-refractivity contribution in [1.29, 1.82) is 0 Å². The van der Waals surface area contributed by atoms with Gasteiger partial charge in [-0.1, -0.05) is 32.0 Å². The first-order valence-corrected chi connectivity index (χ1v) is 4.63. The molecule has 14 heavy (non-hydrogen) atoms. The number of ether oxygens (including phenoxy) is 1. The molecule has 0 saturated heterocycles. The number of nitrogens with one attached hydrogen (secondary N) is 1. The van der Waals surface area contributed by atoms with Gasteiger partial charge in [-0.15, -0.1) is 0 Å². The first-order valence-electron chi connectivity index (χ1n) is 4.63. The zero-order valence-corrected chi connectivity index (χ0v) is 8.70. The zero-order chi connectivity index (χ0) is 10.6. The van der Waals surface area contributed by atoms with E-state index in [0.717, 1.165) is 5.56 Å². The van der Waals surface area contributed by atoms with Crippen LogP contribution in [0.1, 0.15) is 25.3 Å². The van der Waals surface area contributed by atoms with E-state index in [0.29, 0.717) is 11.7 Å². The lowest BCUT2D eigenvalue weighted by atomic mass is 10.0. The zero-order valence-electron chi connectivity index (χ0n) is 8.70. The summed E-state index contributed by atoms with van der Waals surface area (Å²) < 4.78 is 5.11. The summed E-state index contributed by atoms with van der Waals surface area (Å²) in [6.45, 7) is 4.12. The standard InChI is InChI=1S/C11H15NO2/c1-8(2)9-6-4-5-7-10(9)14-11(13)12-3/h4-8H,1-3H3,(H,12,13). The molecule has 1 rings (SSSR count). The van der Waals surface area contributed by atoms with Crippen LogP contribution in [0.2, 0.25) is 0 Å². The molecule has 0 atom stereocenters. The number of carbonyl (C=O) groups excluding carboxylic acids is 1. The Morgan fingerprint density at radius 3 is 2.57 bits per heavy atom. The van der Waals surface area contributed by atoms with Crippen LogP contribution >= 0.6 is 0 Å². The molecule has 0 fully saturated rings. The van der Waals surface area contributed by atoms with Crippen LogP contribution in [0, 0.1) is 0 Å². The second-order valence-corrected chi connectivity index (χ2v) is 3.33. The minimum atomic E-state index is -0.432. The van der Waals surface area contributed by atoms with Gasteiger partial charge in [-0.25, -0.2) is 4.79 Å². The Labute approximate surface area is 84.1 Å². The average molecular weight is 193 g/mol. The predicted molar refractivity (Wildman–Crippen MR) is 55.6 cm³/mol. The number of carbonyl (C=O) groups is 1. The molecule has 1 aromatic carbocycles. The maximum atomic E-state index is 11.0. The third-order valence-electron chi connectivity index (χ3n) is 1.95. The highest BCUT2D eigenvalue weighted by Gasteiger charge is 2.09. The van der Waals surface area contributed by atoms with Gasteiger partial charge in [-0.2, -0.15) is 0 Å². The van der Waals surface area contributed by atoms with E-state index in [4.69, 9.17) is 4.74 Å². The number of amides is 1. The summed E-state index contributed by atoms with van der Waals surface area (Å²) in [5.41, 5.74) is 1.04. The lowest BCUT2D eigenvalue weighted by Gasteiger charge is -2.11. The Balaban J connectivity index is 2.90. The van der Waals surface area contributed by atoms with Gasteiger partial charge in [-0.05, 0) is 17.5 Å². The number of hydrogen-bond acceptors (Lipinski definition) is 2. The Hall–Kier alpha value is -1.51. The summed E-state index contributed by atoms with van der Waals surface area (Å²) in [7, 11) is 1.54. The number of hydrogen-bond donors (Lipinski definition) is 1. The van der Waals surface area contributed by atoms with Crippen LogP contribution in [0.15, 0.2) is 24.3 Å². The Morgan fingerprint density at radius 2 is 2.00 bits per heavy atom. The molecular formula is C11H15NO2. The van der Waals surface area contributed by atoms with E-state index < -0.39 is 6.09 Å².